The molecule has 4 heteroatoms. The highest BCUT2D eigenvalue weighted by Gasteiger charge is 2.22. The Hall–Kier alpha value is -1.32. The molecule has 1 atom stereocenters. The molecule has 4 nitrogen and oxygen atoms in total. The van der Waals surface area contributed by atoms with Crippen molar-refractivity contribution in [2.75, 3.05) is 6.61 Å². The highest BCUT2D eigenvalue weighted by atomic mass is 16.5. The van der Waals surface area contributed by atoms with Gasteiger partial charge in [-0.25, -0.2) is 0 Å². The van der Waals surface area contributed by atoms with E-state index in [0.29, 0.717) is 13.0 Å². The summed E-state index contributed by atoms with van der Waals surface area (Å²) < 4.78 is 5.16. The van der Waals surface area contributed by atoms with Gasteiger partial charge in [0.2, 0.25) is 0 Å². The summed E-state index contributed by atoms with van der Waals surface area (Å²) >= 11 is 0. The van der Waals surface area contributed by atoms with Crippen LogP contribution >= 0.6 is 0 Å². The van der Waals surface area contributed by atoms with Crippen LogP contribution in [0.4, 0.5) is 0 Å². The van der Waals surface area contributed by atoms with Gasteiger partial charge in [-0.05, 0) is 25.7 Å². The van der Waals surface area contributed by atoms with Crippen molar-refractivity contribution < 1.29 is 19.4 Å². The molecule has 0 amide bonds. The van der Waals surface area contributed by atoms with Gasteiger partial charge in [0.15, 0.2) is 0 Å². The predicted octanol–water partition coefficient (Wildman–Crippen LogP) is 12.1. The molecule has 0 rings (SSSR count). The van der Waals surface area contributed by atoms with Gasteiger partial charge < -0.3 is 9.84 Å². The number of carbonyl (C=O) groups is 2. The van der Waals surface area contributed by atoms with Crippen molar-refractivity contribution in [2.24, 2.45) is 5.92 Å². The smallest absolute Gasteiger partial charge is 0.309 e. The van der Waals surface area contributed by atoms with Gasteiger partial charge in [-0.2, -0.15) is 0 Å². The van der Waals surface area contributed by atoms with E-state index >= 15 is 0 Å². The van der Waals surface area contributed by atoms with Gasteiger partial charge in [0, 0.05) is 0 Å². The first kappa shape index (κ1) is 39.7. The molecular weight excluding hydrogens is 508 g/mol. The van der Waals surface area contributed by atoms with E-state index in [1.807, 2.05) is 13.0 Å². The second kappa shape index (κ2) is 33.2. The SMILES string of the molecule is C=CCCCCCCCCCCCCCCCCCCCCCCCCCCCCC(CC(=O)O)C(=O)OCCC. The zero-order valence-electron chi connectivity index (χ0n) is 27.5. The molecule has 1 unspecified atom stereocenters. The fourth-order valence-corrected chi connectivity index (χ4v) is 5.76. The molecule has 0 aliphatic heterocycles. The summed E-state index contributed by atoms with van der Waals surface area (Å²) in [7, 11) is 0. The highest BCUT2D eigenvalue weighted by molar-refractivity contribution is 5.79. The van der Waals surface area contributed by atoms with Gasteiger partial charge in [-0.15, -0.1) is 6.58 Å². The molecule has 0 aromatic heterocycles. The Morgan fingerprint density at radius 1 is 0.585 bits per heavy atom. The van der Waals surface area contributed by atoms with Crippen molar-refractivity contribution >= 4 is 11.9 Å². The number of ether oxygens (including phenoxy) is 1. The Labute approximate surface area is 255 Å². The predicted molar refractivity (Wildman–Crippen MR) is 176 cm³/mol. The summed E-state index contributed by atoms with van der Waals surface area (Å²) in [6.07, 6.45) is 40.0. The van der Waals surface area contributed by atoms with E-state index in [4.69, 9.17) is 9.84 Å². The van der Waals surface area contributed by atoms with Crippen LogP contribution in [0.2, 0.25) is 0 Å². The topological polar surface area (TPSA) is 63.6 Å². The van der Waals surface area contributed by atoms with E-state index < -0.39 is 11.9 Å². The molecule has 1 N–H and O–H groups in total. The lowest BCUT2D eigenvalue weighted by atomic mass is 9.97. The van der Waals surface area contributed by atoms with Crippen LogP contribution < -0.4 is 0 Å². The normalized spacial score (nSPS) is 11.9. The molecule has 0 aliphatic rings. The van der Waals surface area contributed by atoms with Crippen LogP contribution in [0.25, 0.3) is 0 Å². The van der Waals surface area contributed by atoms with E-state index in [1.54, 1.807) is 0 Å². The van der Waals surface area contributed by atoms with Gasteiger partial charge >= 0.3 is 11.9 Å². The number of rotatable bonds is 34. The molecule has 41 heavy (non-hydrogen) atoms. The first-order valence-electron chi connectivity index (χ1n) is 18.1. The quantitative estimate of drug-likeness (QED) is 0.0468. The standard InChI is InChI=1S/C37H70O4/c1-3-5-6-7-8-9-10-11-12-13-14-15-16-17-18-19-20-21-22-23-24-25-26-27-28-29-30-31-32-35(34-36(38)39)37(40)41-33-4-2/h3,35H,1,4-34H2,2H3,(H,38,39). The van der Waals surface area contributed by atoms with Crippen LogP contribution in [0.5, 0.6) is 0 Å². The summed E-state index contributed by atoms with van der Waals surface area (Å²) in [5, 5.41) is 9.05. The average molecular weight is 579 g/mol. The second-order valence-corrected chi connectivity index (χ2v) is 12.5. The molecule has 0 aromatic carbocycles. The van der Waals surface area contributed by atoms with Gasteiger partial charge in [-0.3, -0.25) is 9.59 Å². The molecule has 242 valence electrons. The van der Waals surface area contributed by atoms with E-state index in [-0.39, 0.29) is 12.4 Å². The molecule has 0 aromatic rings. The number of unbranched alkanes of at least 4 members (excludes halogenated alkanes) is 26. The minimum Gasteiger partial charge on any atom is -0.481 e. The third kappa shape index (κ3) is 31.4. The molecule has 0 radical (unpaired) electrons. The number of esters is 1. The van der Waals surface area contributed by atoms with Crippen LogP contribution in [0.15, 0.2) is 12.7 Å². The Kier molecular flexibility index (Phi) is 32.1. The van der Waals surface area contributed by atoms with Crippen molar-refractivity contribution in [1.82, 2.24) is 0 Å². The summed E-state index contributed by atoms with van der Waals surface area (Å²) in [6.45, 7) is 6.12. The molecule has 0 aliphatic carbocycles. The Morgan fingerprint density at radius 3 is 1.20 bits per heavy atom. The lowest BCUT2D eigenvalue weighted by Crippen LogP contribution is -2.21. The Morgan fingerprint density at radius 2 is 0.902 bits per heavy atom. The third-order valence-electron chi connectivity index (χ3n) is 8.41. The van der Waals surface area contributed by atoms with Crippen LogP contribution in [-0.2, 0) is 14.3 Å². The maximum atomic E-state index is 12.0. The Bertz CT molecular complexity index is 573. The van der Waals surface area contributed by atoms with E-state index in [9.17, 15) is 9.59 Å². The summed E-state index contributed by atoms with van der Waals surface area (Å²) in [5.74, 6) is -1.74. The van der Waals surface area contributed by atoms with E-state index in [2.05, 4.69) is 6.58 Å². The van der Waals surface area contributed by atoms with Crippen molar-refractivity contribution in [3.05, 3.63) is 12.7 Å². The average Bonchev–Trinajstić information content (AvgIpc) is 2.96. The van der Waals surface area contributed by atoms with Crippen LogP contribution in [0, 0.1) is 5.92 Å². The summed E-state index contributed by atoms with van der Waals surface area (Å²) in [6, 6.07) is 0. The molecule has 0 saturated carbocycles. The fourth-order valence-electron chi connectivity index (χ4n) is 5.76. The van der Waals surface area contributed by atoms with Crippen molar-refractivity contribution in [2.45, 2.75) is 200 Å². The number of carboxylic acids is 1. The minimum atomic E-state index is -0.915. The first-order valence-corrected chi connectivity index (χ1v) is 18.1. The lowest BCUT2D eigenvalue weighted by molar-refractivity contribution is -0.153. The van der Waals surface area contributed by atoms with Gasteiger partial charge in [0.1, 0.15) is 0 Å². The van der Waals surface area contributed by atoms with Crippen molar-refractivity contribution in [3.8, 4) is 0 Å². The van der Waals surface area contributed by atoms with Crippen LogP contribution in [0.1, 0.15) is 200 Å². The van der Waals surface area contributed by atoms with Crippen LogP contribution in [0.3, 0.4) is 0 Å². The monoisotopic (exact) mass is 579 g/mol. The number of aliphatic carboxylic acids is 1. The van der Waals surface area contributed by atoms with Gasteiger partial charge in [-0.1, -0.05) is 174 Å². The zero-order chi connectivity index (χ0) is 30.1. The molecule has 0 bridgehead atoms. The molecule has 0 saturated heterocycles. The number of carbonyl (C=O) groups excluding carboxylic acids is 1. The minimum absolute atomic E-state index is 0.111. The molecular formula is C37H70O4. The number of hydrogen-bond donors (Lipinski definition) is 1. The lowest BCUT2D eigenvalue weighted by Gasteiger charge is -2.13. The number of carboxylic acid groups (broad SMARTS) is 1. The zero-order valence-corrected chi connectivity index (χ0v) is 27.5. The van der Waals surface area contributed by atoms with Gasteiger partial charge in [0.25, 0.3) is 0 Å². The maximum absolute atomic E-state index is 12.0. The fraction of sp³-hybridized carbons (Fsp3) is 0.892. The number of hydrogen-bond acceptors (Lipinski definition) is 3. The molecule has 0 heterocycles. The largest absolute Gasteiger partial charge is 0.481 e. The molecule has 0 spiro atoms. The number of allylic oxidation sites excluding steroid dienone is 1. The third-order valence-corrected chi connectivity index (χ3v) is 8.41. The second-order valence-electron chi connectivity index (χ2n) is 12.5. The van der Waals surface area contributed by atoms with Crippen molar-refractivity contribution in [1.29, 1.82) is 0 Å². The van der Waals surface area contributed by atoms with Crippen LogP contribution in [-0.4, -0.2) is 23.7 Å². The van der Waals surface area contributed by atoms with E-state index in [1.165, 1.54) is 161 Å². The maximum Gasteiger partial charge on any atom is 0.309 e. The summed E-state index contributed by atoms with van der Waals surface area (Å²) in [5.41, 5.74) is 0. The summed E-state index contributed by atoms with van der Waals surface area (Å²) in [4.78, 5) is 23.1. The highest BCUT2D eigenvalue weighted by Crippen LogP contribution is 2.19. The van der Waals surface area contributed by atoms with Gasteiger partial charge in [0.05, 0.1) is 18.9 Å². The first-order chi connectivity index (χ1) is 20.1. The Balaban J connectivity index is 3.28. The molecule has 0 fully saturated rings. The van der Waals surface area contributed by atoms with Crippen molar-refractivity contribution in [3.63, 3.8) is 0 Å². The van der Waals surface area contributed by atoms with E-state index in [0.717, 1.165) is 19.3 Å².